The molecule has 5 aliphatic heterocycles. The maximum Gasteiger partial charge on any atom is 0.157 e. The van der Waals surface area contributed by atoms with E-state index >= 15 is 0 Å². The van der Waals surface area contributed by atoms with E-state index in [1.165, 1.54) is 32.1 Å². The predicted molar refractivity (Wildman–Crippen MR) is 164 cm³/mol. The highest BCUT2D eigenvalue weighted by atomic mass is 16.6. The lowest BCUT2D eigenvalue weighted by Crippen LogP contribution is -2.36. The Hall–Kier alpha value is -0.400. The molecule has 5 saturated heterocycles. The number of rotatable bonds is 1. The van der Waals surface area contributed by atoms with Gasteiger partial charge >= 0.3 is 0 Å². The summed E-state index contributed by atoms with van der Waals surface area (Å²) in [5.41, 5.74) is 0. The normalized spacial score (nSPS) is 39.2. The molecular formula is C33H64O10. The van der Waals surface area contributed by atoms with E-state index in [1.54, 1.807) is 0 Å². The van der Waals surface area contributed by atoms with Gasteiger partial charge in [0.2, 0.25) is 0 Å². The third kappa shape index (κ3) is 17.2. The zero-order valence-electron chi connectivity index (χ0n) is 27.4. The van der Waals surface area contributed by atoms with Gasteiger partial charge in [-0.3, -0.25) is 0 Å². The van der Waals surface area contributed by atoms with Crippen LogP contribution < -0.4 is 0 Å². The standard InChI is InChI=1S/C9H16O2.C9H18O2.C6H12O2.C5H10O2.C4H8O2/c10-9-6-5-7-3-1-2-4-8(7)11-9;1-6(2)8-5-4-7(3)11-9(8)10;1-5-3-2-4-6(7)8-5;6-5-3-1-2-4-7-5;5-4-2-1-3-6-4/h7-10H,1-6H2;6-10H,4-5H2,1-3H3;5-7H,2-4H2,1H3;5-6H,1-4H2;4-5H,1-3H2. The Morgan fingerprint density at radius 1 is 0.488 bits per heavy atom. The molecule has 43 heavy (non-hydrogen) atoms. The Morgan fingerprint density at radius 2 is 1.07 bits per heavy atom. The number of hydrogen-bond donors (Lipinski definition) is 5. The van der Waals surface area contributed by atoms with Crippen LogP contribution in [0.4, 0.5) is 0 Å². The Labute approximate surface area is 260 Å². The molecule has 5 N–H and O–H groups in total. The molecule has 0 aromatic heterocycles. The van der Waals surface area contributed by atoms with Gasteiger partial charge in [-0.05, 0) is 109 Å². The summed E-state index contributed by atoms with van der Waals surface area (Å²) in [4.78, 5) is 0. The minimum Gasteiger partial charge on any atom is -0.368 e. The topological polar surface area (TPSA) is 147 Å². The molecule has 5 heterocycles. The van der Waals surface area contributed by atoms with Crippen LogP contribution in [0.1, 0.15) is 130 Å². The van der Waals surface area contributed by atoms with Gasteiger partial charge in [-0.2, -0.15) is 0 Å². The smallest absolute Gasteiger partial charge is 0.157 e. The number of fused-ring (bicyclic) bond motifs is 1. The van der Waals surface area contributed by atoms with Crippen molar-refractivity contribution in [2.45, 2.75) is 180 Å². The summed E-state index contributed by atoms with van der Waals surface area (Å²) in [6, 6.07) is 0. The van der Waals surface area contributed by atoms with Crippen LogP contribution in [-0.2, 0) is 23.7 Å². The van der Waals surface area contributed by atoms with E-state index < -0.39 is 31.5 Å². The minimum atomic E-state index is -0.529. The van der Waals surface area contributed by atoms with Gasteiger partial charge in [-0.1, -0.05) is 26.7 Å². The van der Waals surface area contributed by atoms with Crippen LogP contribution in [0.3, 0.4) is 0 Å². The third-order valence-electron chi connectivity index (χ3n) is 8.97. The predicted octanol–water partition coefficient (Wildman–Crippen LogP) is 4.96. The lowest BCUT2D eigenvalue weighted by molar-refractivity contribution is -0.197. The Kier molecular flexibility index (Phi) is 20.0. The Balaban J connectivity index is 0.000000191. The van der Waals surface area contributed by atoms with Gasteiger partial charge in [0.05, 0.1) is 18.3 Å². The molecule has 256 valence electrons. The molecule has 10 atom stereocenters. The molecule has 0 spiro atoms. The molecule has 6 aliphatic rings. The van der Waals surface area contributed by atoms with E-state index in [0.717, 1.165) is 89.8 Å². The fourth-order valence-corrected chi connectivity index (χ4v) is 6.22. The second-order valence-corrected chi connectivity index (χ2v) is 13.2. The van der Waals surface area contributed by atoms with Gasteiger partial charge in [-0.25, -0.2) is 0 Å². The second kappa shape index (κ2) is 22.2. The molecule has 0 aromatic rings. The molecule has 0 aromatic carbocycles. The van der Waals surface area contributed by atoms with Gasteiger partial charge in [-0.15, -0.1) is 0 Å². The first-order valence-corrected chi connectivity index (χ1v) is 17.1. The zero-order valence-corrected chi connectivity index (χ0v) is 27.4. The summed E-state index contributed by atoms with van der Waals surface area (Å²) in [5.74, 6) is 1.62. The van der Waals surface area contributed by atoms with Crippen molar-refractivity contribution < 1.29 is 49.2 Å². The van der Waals surface area contributed by atoms with Crippen molar-refractivity contribution in [3.63, 3.8) is 0 Å². The third-order valence-corrected chi connectivity index (χ3v) is 8.97. The lowest BCUT2D eigenvalue weighted by atomic mass is 9.82. The van der Waals surface area contributed by atoms with Gasteiger partial charge < -0.3 is 49.2 Å². The van der Waals surface area contributed by atoms with Crippen LogP contribution in [0, 0.1) is 17.8 Å². The molecule has 6 rings (SSSR count). The largest absolute Gasteiger partial charge is 0.368 e. The number of hydrogen-bond acceptors (Lipinski definition) is 10. The Morgan fingerprint density at radius 3 is 1.56 bits per heavy atom. The first-order valence-electron chi connectivity index (χ1n) is 17.1. The summed E-state index contributed by atoms with van der Waals surface area (Å²) >= 11 is 0. The fraction of sp³-hybridized carbons (Fsp3) is 1.00. The SMILES string of the molecule is CC1CCC(C(C)C)C(O)O1.CC1CCCC(O)O1.OC1CCC2CCCCC2O1.OC1CCCCO1.OC1CCCO1. The van der Waals surface area contributed by atoms with Gasteiger partial charge in [0.25, 0.3) is 0 Å². The van der Waals surface area contributed by atoms with Crippen molar-refractivity contribution >= 4 is 0 Å². The van der Waals surface area contributed by atoms with Crippen LogP contribution in [0.25, 0.3) is 0 Å². The van der Waals surface area contributed by atoms with Crippen LogP contribution in [-0.4, -0.2) is 88.5 Å². The maximum absolute atomic E-state index is 9.49. The van der Waals surface area contributed by atoms with E-state index in [4.69, 9.17) is 39.0 Å². The molecule has 0 radical (unpaired) electrons. The average Bonchev–Trinajstić information content (AvgIpc) is 3.45. The number of ether oxygens (including phenoxy) is 5. The highest BCUT2D eigenvalue weighted by Crippen LogP contribution is 2.35. The average molecular weight is 621 g/mol. The Bertz CT molecular complexity index is 662. The minimum absolute atomic E-state index is 0.236. The first kappa shape index (κ1) is 38.8. The first-order chi connectivity index (χ1) is 20.5. The zero-order chi connectivity index (χ0) is 31.6. The lowest BCUT2D eigenvalue weighted by Gasteiger charge is -2.37. The quantitative estimate of drug-likeness (QED) is 0.272. The fourth-order valence-electron chi connectivity index (χ4n) is 6.22. The molecule has 0 amide bonds. The molecule has 10 unspecified atom stereocenters. The van der Waals surface area contributed by atoms with Gasteiger partial charge in [0.1, 0.15) is 0 Å². The van der Waals surface area contributed by atoms with E-state index in [2.05, 4.69) is 13.8 Å². The second-order valence-electron chi connectivity index (χ2n) is 13.2. The maximum atomic E-state index is 9.49. The van der Waals surface area contributed by atoms with Crippen molar-refractivity contribution in [3.05, 3.63) is 0 Å². The highest BCUT2D eigenvalue weighted by Gasteiger charge is 2.32. The van der Waals surface area contributed by atoms with E-state index in [1.807, 2.05) is 13.8 Å². The van der Waals surface area contributed by atoms with E-state index in [-0.39, 0.29) is 12.2 Å². The van der Waals surface area contributed by atoms with Crippen molar-refractivity contribution in [2.24, 2.45) is 17.8 Å². The summed E-state index contributed by atoms with van der Waals surface area (Å²) in [6.07, 6.45) is 15.7. The van der Waals surface area contributed by atoms with Crippen molar-refractivity contribution in [2.75, 3.05) is 13.2 Å². The highest BCUT2D eigenvalue weighted by molar-refractivity contribution is 4.79. The van der Waals surface area contributed by atoms with Crippen LogP contribution in [0.2, 0.25) is 0 Å². The molecule has 10 heteroatoms. The molecule has 10 nitrogen and oxygen atoms in total. The van der Waals surface area contributed by atoms with Crippen molar-refractivity contribution in [3.8, 4) is 0 Å². The van der Waals surface area contributed by atoms with Gasteiger partial charge in [0, 0.05) is 25.6 Å². The van der Waals surface area contributed by atoms with Crippen molar-refractivity contribution in [1.82, 2.24) is 0 Å². The molecule has 0 bridgehead atoms. The number of aliphatic hydroxyl groups is 5. The van der Waals surface area contributed by atoms with Crippen LogP contribution >= 0.6 is 0 Å². The molecule has 6 fully saturated rings. The molecular weight excluding hydrogens is 556 g/mol. The van der Waals surface area contributed by atoms with Crippen LogP contribution in [0.5, 0.6) is 0 Å². The molecule has 1 saturated carbocycles. The van der Waals surface area contributed by atoms with Gasteiger partial charge in [0.15, 0.2) is 31.5 Å². The monoisotopic (exact) mass is 620 g/mol. The van der Waals surface area contributed by atoms with E-state index in [0.29, 0.717) is 17.9 Å². The summed E-state index contributed by atoms with van der Waals surface area (Å²) in [5, 5.41) is 44.8. The molecule has 1 aliphatic carbocycles. The number of aliphatic hydroxyl groups excluding tert-OH is 5. The summed E-state index contributed by atoms with van der Waals surface area (Å²) in [7, 11) is 0. The summed E-state index contributed by atoms with van der Waals surface area (Å²) < 4.78 is 25.3. The van der Waals surface area contributed by atoms with Crippen molar-refractivity contribution in [1.29, 1.82) is 0 Å². The van der Waals surface area contributed by atoms with E-state index in [9.17, 15) is 10.2 Å². The van der Waals surface area contributed by atoms with Crippen LogP contribution in [0.15, 0.2) is 0 Å². The summed E-state index contributed by atoms with van der Waals surface area (Å²) in [6.45, 7) is 9.74.